The number of fused-ring (bicyclic) bond motifs is 1. The van der Waals surface area contributed by atoms with Gasteiger partial charge in [0, 0.05) is 13.1 Å². The van der Waals surface area contributed by atoms with Crippen LogP contribution in [0.1, 0.15) is 19.2 Å². The van der Waals surface area contributed by atoms with Crippen molar-refractivity contribution in [1.82, 2.24) is 19.8 Å². The van der Waals surface area contributed by atoms with Gasteiger partial charge in [0.15, 0.2) is 5.65 Å². The minimum atomic E-state index is -4.64. The summed E-state index contributed by atoms with van der Waals surface area (Å²) in [4.78, 5) is 13.6. The predicted molar refractivity (Wildman–Crippen MR) is 72.7 cm³/mol. The van der Waals surface area contributed by atoms with Crippen LogP contribution in [0.15, 0.2) is 12.1 Å². The van der Waals surface area contributed by atoms with Gasteiger partial charge in [0.2, 0.25) is 0 Å². The van der Waals surface area contributed by atoms with Crippen molar-refractivity contribution in [1.29, 1.82) is 0 Å². The molecule has 0 N–H and O–H groups in total. The van der Waals surface area contributed by atoms with E-state index in [0.29, 0.717) is 29.8 Å². The van der Waals surface area contributed by atoms with Gasteiger partial charge in [-0.15, -0.1) is 15.3 Å². The van der Waals surface area contributed by atoms with Crippen LogP contribution in [0.5, 0.6) is 0 Å². The number of hydrogen-bond acceptors (Lipinski definition) is 6. The maximum atomic E-state index is 12.9. The first kappa shape index (κ1) is 15.5. The highest BCUT2D eigenvalue weighted by atomic mass is 19.4. The molecule has 3 rings (SSSR count). The second-order valence-corrected chi connectivity index (χ2v) is 5.71. The van der Waals surface area contributed by atoms with Gasteiger partial charge < -0.3 is 9.64 Å². The Balaban J connectivity index is 1.94. The highest BCUT2D eigenvalue weighted by molar-refractivity contribution is 5.78. The van der Waals surface area contributed by atoms with E-state index >= 15 is 0 Å². The molecule has 1 aliphatic rings. The van der Waals surface area contributed by atoms with Crippen LogP contribution in [0.4, 0.5) is 19.0 Å². The Bertz CT molecular complexity index is 760. The third kappa shape index (κ3) is 2.57. The molecule has 23 heavy (non-hydrogen) atoms. The monoisotopic (exact) mass is 329 g/mol. The highest BCUT2D eigenvalue weighted by Gasteiger charge is 2.42. The number of alkyl halides is 3. The van der Waals surface area contributed by atoms with Crippen molar-refractivity contribution in [3.05, 3.63) is 18.0 Å². The Kier molecular flexibility index (Phi) is 3.42. The van der Waals surface area contributed by atoms with E-state index in [1.54, 1.807) is 17.9 Å². The molecule has 1 aliphatic heterocycles. The number of ether oxygens (including phenoxy) is 1. The van der Waals surface area contributed by atoms with E-state index in [1.807, 2.05) is 0 Å². The van der Waals surface area contributed by atoms with Crippen LogP contribution in [0.3, 0.4) is 0 Å². The summed E-state index contributed by atoms with van der Waals surface area (Å²) in [5, 5.41) is 10.6. The number of nitrogens with zero attached hydrogens (tertiary/aromatic N) is 5. The van der Waals surface area contributed by atoms with Gasteiger partial charge in [0.05, 0.1) is 12.5 Å². The number of aromatic nitrogens is 4. The summed E-state index contributed by atoms with van der Waals surface area (Å²) in [7, 11) is 1.31. The van der Waals surface area contributed by atoms with Crippen LogP contribution < -0.4 is 4.90 Å². The first-order chi connectivity index (χ1) is 10.7. The van der Waals surface area contributed by atoms with Crippen LogP contribution in [-0.2, 0) is 15.7 Å². The van der Waals surface area contributed by atoms with E-state index in [0.717, 1.165) is 0 Å². The molecule has 10 heteroatoms. The van der Waals surface area contributed by atoms with Crippen LogP contribution in [-0.4, -0.2) is 46.0 Å². The molecule has 0 aliphatic carbocycles. The van der Waals surface area contributed by atoms with Gasteiger partial charge in [-0.3, -0.25) is 4.79 Å². The number of carbonyl (C=O) groups excluding carboxylic acids is 1. The molecule has 0 spiro atoms. The Labute approximate surface area is 129 Å². The molecule has 2 aromatic rings. The molecule has 0 amide bonds. The molecule has 1 saturated heterocycles. The second-order valence-electron chi connectivity index (χ2n) is 5.71. The number of methoxy groups -OCH3 is 1. The summed E-state index contributed by atoms with van der Waals surface area (Å²) < 4.78 is 44.1. The van der Waals surface area contributed by atoms with Gasteiger partial charge in [-0.05, 0) is 25.5 Å². The SMILES string of the molecule is COC(=O)C1(C)CCN(c2ccc3nnc(C(F)(F)F)n3n2)C1. The standard InChI is InChI=1S/C13H14F3N5O2/c1-12(11(22)23-2)5-6-20(7-12)9-4-3-8-17-18-10(13(14,15)16)21(8)19-9/h3-4H,5-7H2,1-2H3. The van der Waals surface area contributed by atoms with E-state index in [1.165, 1.54) is 13.2 Å². The minimum Gasteiger partial charge on any atom is -0.469 e. The molecule has 0 aromatic carbocycles. The van der Waals surface area contributed by atoms with Crippen LogP contribution >= 0.6 is 0 Å². The summed E-state index contributed by atoms with van der Waals surface area (Å²) in [6, 6.07) is 2.98. The Morgan fingerprint density at radius 3 is 2.74 bits per heavy atom. The lowest BCUT2D eigenvalue weighted by Gasteiger charge is -2.22. The molecule has 124 valence electrons. The van der Waals surface area contributed by atoms with Gasteiger partial charge in [-0.2, -0.15) is 17.7 Å². The molecular formula is C13H14F3N5O2. The zero-order valence-corrected chi connectivity index (χ0v) is 12.5. The normalized spacial score (nSPS) is 21.9. The second kappa shape index (κ2) is 5.07. The zero-order valence-electron chi connectivity index (χ0n) is 12.5. The number of halogens is 3. The van der Waals surface area contributed by atoms with Crippen LogP contribution in [0.2, 0.25) is 0 Å². The van der Waals surface area contributed by atoms with Crippen molar-refractivity contribution < 1.29 is 22.7 Å². The first-order valence-electron chi connectivity index (χ1n) is 6.88. The fraction of sp³-hybridized carbons (Fsp3) is 0.538. The van der Waals surface area contributed by atoms with Gasteiger partial charge in [-0.1, -0.05) is 0 Å². The molecule has 1 atom stereocenters. The van der Waals surface area contributed by atoms with Crippen molar-refractivity contribution in [2.45, 2.75) is 19.5 Å². The van der Waals surface area contributed by atoms with E-state index in [-0.39, 0.29) is 11.6 Å². The van der Waals surface area contributed by atoms with Crippen molar-refractivity contribution in [3.63, 3.8) is 0 Å². The molecule has 1 fully saturated rings. The maximum absolute atomic E-state index is 12.9. The lowest BCUT2D eigenvalue weighted by molar-refractivity contribution is -0.150. The smallest absolute Gasteiger partial charge is 0.453 e. The lowest BCUT2D eigenvalue weighted by atomic mass is 9.90. The Morgan fingerprint density at radius 1 is 1.35 bits per heavy atom. The number of esters is 1. The van der Waals surface area contributed by atoms with Gasteiger partial charge in [-0.25, -0.2) is 0 Å². The average Bonchev–Trinajstić information content (AvgIpc) is 3.09. The minimum absolute atomic E-state index is 0.0102. The fourth-order valence-corrected chi connectivity index (χ4v) is 2.69. The molecule has 2 aromatic heterocycles. The average molecular weight is 329 g/mol. The summed E-state index contributed by atoms with van der Waals surface area (Å²) >= 11 is 0. The van der Waals surface area contributed by atoms with Crippen LogP contribution in [0, 0.1) is 5.41 Å². The zero-order chi connectivity index (χ0) is 16.8. The number of hydrogen-bond donors (Lipinski definition) is 0. The first-order valence-corrected chi connectivity index (χ1v) is 6.88. The van der Waals surface area contributed by atoms with Crippen molar-refractivity contribution >= 4 is 17.4 Å². The van der Waals surface area contributed by atoms with Gasteiger partial charge in [0.25, 0.3) is 5.82 Å². The quantitative estimate of drug-likeness (QED) is 0.778. The number of anilines is 1. The number of carbonyl (C=O) groups is 1. The lowest BCUT2D eigenvalue weighted by Crippen LogP contribution is -2.33. The van der Waals surface area contributed by atoms with E-state index in [2.05, 4.69) is 15.3 Å². The summed E-state index contributed by atoms with van der Waals surface area (Å²) in [5.41, 5.74) is -0.693. The Morgan fingerprint density at radius 2 is 2.09 bits per heavy atom. The third-order valence-corrected chi connectivity index (χ3v) is 3.98. The van der Waals surface area contributed by atoms with Crippen molar-refractivity contribution in [2.75, 3.05) is 25.1 Å². The van der Waals surface area contributed by atoms with Crippen molar-refractivity contribution in [3.8, 4) is 0 Å². The van der Waals surface area contributed by atoms with Crippen LogP contribution in [0.25, 0.3) is 5.65 Å². The Hall–Kier alpha value is -2.39. The largest absolute Gasteiger partial charge is 0.469 e. The van der Waals surface area contributed by atoms with E-state index < -0.39 is 17.4 Å². The summed E-state index contributed by atoms with van der Waals surface area (Å²) in [6.07, 6.45) is -4.11. The summed E-state index contributed by atoms with van der Waals surface area (Å²) in [5.74, 6) is -1.19. The van der Waals surface area contributed by atoms with Gasteiger partial charge >= 0.3 is 12.1 Å². The molecule has 1 unspecified atom stereocenters. The molecule has 7 nitrogen and oxygen atoms in total. The predicted octanol–water partition coefficient (Wildman–Crippen LogP) is 1.53. The molecule has 0 saturated carbocycles. The van der Waals surface area contributed by atoms with E-state index in [9.17, 15) is 18.0 Å². The maximum Gasteiger partial charge on any atom is 0.453 e. The topological polar surface area (TPSA) is 72.6 Å². The third-order valence-electron chi connectivity index (χ3n) is 3.98. The molecule has 3 heterocycles. The van der Waals surface area contributed by atoms with E-state index in [4.69, 9.17) is 4.74 Å². The van der Waals surface area contributed by atoms with Gasteiger partial charge in [0.1, 0.15) is 5.82 Å². The molecule has 0 bridgehead atoms. The molecular weight excluding hydrogens is 315 g/mol. The molecule has 0 radical (unpaired) electrons. The number of rotatable bonds is 2. The highest BCUT2D eigenvalue weighted by Crippen LogP contribution is 2.34. The van der Waals surface area contributed by atoms with Crippen molar-refractivity contribution in [2.24, 2.45) is 5.41 Å². The summed E-state index contributed by atoms with van der Waals surface area (Å²) in [6.45, 7) is 2.58. The fourth-order valence-electron chi connectivity index (χ4n) is 2.69.